The maximum Gasteiger partial charge on any atom is 0.330 e. The number of benzene rings is 1. The summed E-state index contributed by atoms with van der Waals surface area (Å²) >= 11 is 0. The van der Waals surface area contributed by atoms with Crippen molar-refractivity contribution in [3.8, 4) is 0 Å². The van der Waals surface area contributed by atoms with Crippen LogP contribution in [0.5, 0.6) is 0 Å². The molecule has 116 valence electrons. The molecule has 0 radical (unpaired) electrons. The molecule has 0 saturated carbocycles. The van der Waals surface area contributed by atoms with Gasteiger partial charge in [-0.05, 0) is 42.2 Å². The zero-order chi connectivity index (χ0) is 16.2. The first-order valence-corrected chi connectivity index (χ1v) is 7.47. The van der Waals surface area contributed by atoms with E-state index in [0.29, 0.717) is 5.57 Å². The third-order valence-corrected chi connectivity index (χ3v) is 3.83. The van der Waals surface area contributed by atoms with E-state index in [2.05, 4.69) is 16.1 Å². The van der Waals surface area contributed by atoms with Gasteiger partial charge < -0.3 is 10.1 Å². The van der Waals surface area contributed by atoms with Crippen molar-refractivity contribution in [2.45, 2.75) is 12.8 Å². The van der Waals surface area contributed by atoms with Crippen LogP contribution in [0, 0.1) is 0 Å². The van der Waals surface area contributed by atoms with Gasteiger partial charge in [0.2, 0.25) is 0 Å². The van der Waals surface area contributed by atoms with E-state index < -0.39 is 5.97 Å². The molecular weight excluding hydrogens is 290 g/mol. The van der Waals surface area contributed by atoms with Crippen LogP contribution in [0.3, 0.4) is 0 Å². The molecule has 1 aromatic rings. The number of carbonyl (C=O) groups is 2. The number of fused-ring (bicyclic) bond motifs is 1. The number of hydrogen-bond acceptors (Lipinski definition) is 3. The van der Waals surface area contributed by atoms with Crippen molar-refractivity contribution in [3.05, 3.63) is 65.3 Å². The maximum atomic E-state index is 12.3. The number of anilines is 1. The van der Waals surface area contributed by atoms with Gasteiger partial charge in [0.1, 0.15) is 0 Å². The summed E-state index contributed by atoms with van der Waals surface area (Å²) < 4.78 is 4.62. The summed E-state index contributed by atoms with van der Waals surface area (Å²) in [5, 5.41) is 2.88. The van der Waals surface area contributed by atoms with Gasteiger partial charge in [0.05, 0.1) is 7.11 Å². The fraction of sp³-hybridized carbons (Fsp3) is 0.158. The molecule has 3 rings (SSSR count). The van der Waals surface area contributed by atoms with Gasteiger partial charge in [0, 0.05) is 22.9 Å². The van der Waals surface area contributed by atoms with E-state index in [9.17, 15) is 9.59 Å². The van der Waals surface area contributed by atoms with Crippen molar-refractivity contribution >= 4 is 29.2 Å². The molecule has 4 nitrogen and oxygen atoms in total. The molecule has 1 amide bonds. The second-order valence-corrected chi connectivity index (χ2v) is 5.35. The first kappa shape index (κ1) is 15.0. The van der Waals surface area contributed by atoms with E-state index in [4.69, 9.17) is 0 Å². The standard InChI is InChI=1S/C19H17NO3/c1-23-17(21)11-10-14-8-5-9-16-18(14)15(19(22)20-16)12-13-6-3-2-4-7-13/h2-3,5-6,8-12H,4,7H2,1H3,(H,20,22)/b11-10+,15-12-. The highest BCUT2D eigenvalue weighted by Gasteiger charge is 2.26. The maximum absolute atomic E-state index is 12.3. The smallest absolute Gasteiger partial charge is 0.330 e. The van der Waals surface area contributed by atoms with Crippen molar-refractivity contribution in [1.82, 2.24) is 0 Å². The van der Waals surface area contributed by atoms with Gasteiger partial charge in [-0.1, -0.05) is 30.4 Å². The Hall–Kier alpha value is -2.88. The van der Waals surface area contributed by atoms with Crippen molar-refractivity contribution < 1.29 is 14.3 Å². The van der Waals surface area contributed by atoms with Gasteiger partial charge in [-0.2, -0.15) is 0 Å². The number of carbonyl (C=O) groups excluding carboxylic acids is 2. The number of esters is 1. The molecule has 1 aliphatic heterocycles. The summed E-state index contributed by atoms with van der Waals surface area (Å²) in [6.45, 7) is 0. The van der Waals surface area contributed by atoms with Crippen LogP contribution in [0.25, 0.3) is 11.6 Å². The molecule has 0 spiro atoms. The van der Waals surface area contributed by atoms with E-state index in [1.54, 1.807) is 6.08 Å². The van der Waals surface area contributed by atoms with Crippen LogP contribution in [0.2, 0.25) is 0 Å². The van der Waals surface area contributed by atoms with Gasteiger partial charge in [-0.15, -0.1) is 0 Å². The van der Waals surface area contributed by atoms with Crippen molar-refractivity contribution in [3.63, 3.8) is 0 Å². The molecule has 0 bridgehead atoms. The normalized spacial score (nSPS) is 18.0. The SMILES string of the molecule is COC(=O)/C=C/c1cccc2c1/C(=C/C1=CC=CCC1)C(=O)N2. The fourth-order valence-electron chi connectivity index (χ4n) is 2.71. The van der Waals surface area contributed by atoms with Crippen LogP contribution in [0.15, 0.2) is 54.2 Å². The minimum absolute atomic E-state index is 0.116. The number of ether oxygens (including phenoxy) is 1. The van der Waals surface area contributed by atoms with Crippen LogP contribution >= 0.6 is 0 Å². The molecule has 1 aliphatic carbocycles. The van der Waals surface area contributed by atoms with Crippen LogP contribution in [-0.4, -0.2) is 19.0 Å². The van der Waals surface area contributed by atoms with E-state index in [0.717, 1.165) is 35.2 Å². The number of amides is 1. The lowest BCUT2D eigenvalue weighted by Crippen LogP contribution is -2.04. The summed E-state index contributed by atoms with van der Waals surface area (Å²) in [4.78, 5) is 23.6. The number of nitrogens with one attached hydrogen (secondary N) is 1. The molecule has 1 aromatic carbocycles. The summed E-state index contributed by atoms with van der Waals surface area (Å²) in [5.41, 5.74) is 4.15. The summed E-state index contributed by atoms with van der Waals surface area (Å²) in [5.74, 6) is -0.542. The van der Waals surface area contributed by atoms with E-state index >= 15 is 0 Å². The summed E-state index contributed by atoms with van der Waals surface area (Å²) in [6.07, 6.45) is 13.0. The first-order valence-electron chi connectivity index (χ1n) is 7.47. The molecule has 1 heterocycles. The number of allylic oxidation sites excluding steroid dienone is 5. The largest absolute Gasteiger partial charge is 0.466 e. The molecule has 4 heteroatoms. The minimum Gasteiger partial charge on any atom is -0.466 e. The molecule has 0 aromatic heterocycles. The Morgan fingerprint density at radius 1 is 1.35 bits per heavy atom. The van der Waals surface area contributed by atoms with Gasteiger partial charge in [-0.25, -0.2) is 4.79 Å². The lowest BCUT2D eigenvalue weighted by Gasteiger charge is -2.07. The van der Waals surface area contributed by atoms with E-state index in [-0.39, 0.29) is 5.91 Å². The van der Waals surface area contributed by atoms with Gasteiger partial charge >= 0.3 is 5.97 Å². The molecule has 0 fully saturated rings. The van der Waals surface area contributed by atoms with Gasteiger partial charge in [0.15, 0.2) is 0 Å². The highest BCUT2D eigenvalue weighted by molar-refractivity contribution is 6.32. The predicted octanol–water partition coefficient (Wildman–Crippen LogP) is 3.48. The lowest BCUT2D eigenvalue weighted by atomic mass is 9.96. The van der Waals surface area contributed by atoms with E-state index in [1.807, 2.05) is 36.4 Å². The average Bonchev–Trinajstić information content (AvgIpc) is 2.90. The Bertz CT molecular complexity index is 782. The Labute approximate surface area is 134 Å². The first-order chi connectivity index (χ1) is 11.2. The Morgan fingerprint density at radius 2 is 2.22 bits per heavy atom. The second-order valence-electron chi connectivity index (χ2n) is 5.35. The number of methoxy groups -OCH3 is 1. The highest BCUT2D eigenvalue weighted by atomic mass is 16.5. The average molecular weight is 307 g/mol. The molecular formula is C19H17NO3. The molecule has 0 unspecified atom stereocenters. The monoisotopic (exact) mass is 307 g/mol. The molecule has 2 aliphatic rings. The predicted molar refractivity (Wildman–Crippen MR) is 90.6 cm³/mol. The van der Waals surface area contributed by atoms with Crippen LogP contribution in [0.1, 0.15) is 24.0 Å². The molecule has 0 saturated heterocycles. The quantitative estimate of drug-likeness (QED) is 0.687. The van der Waals surface area contributed by atoms with Crippen molar-refractivity contribution in [2.75, 3.05) is 12.4 Å². The molecule has 0 atom stereocenters. The van der Waals surface area contributed by atoms with E-state index in [1.165, 1.54) is 13.2 Å². The topological polar surface area (TPSA) is 55.4 Å². The van der Waals surface area contributed by atoms with Crippen LogP contribution in [-0.2, 0) is 14.3 Å². The molecule has 23 heavy (non-hydrogen) atoms. The second kappa shape index (κ2) is 6.48. The highest BCUT2D eigenvalue weighted by Crippen LogP contribution is 2.36. The Morgan fingerprint density at radius 3 is 2.96 bits per heavy atom. The Kier molecular flexibility index (Phi) is 4.24. The van der Waals surface area contributed by atoms with Crippen LogP contribution < -0.4 is 5.32 Å². The third-order valence-electron chi connectivity index (χ3n) is 3.83. The van der Waals surface area contributed by atoms with Gasteiger partial charge in [-0.3, -0.25) is 4.79 Å². The lowest BCUT2D eigenvalue weighted by molar-refractivity contribution is -0.134. The zero-order valence-electron chi connectivity index (χ0n) is 12.8. The van der Waals surface area contributed by atoms with Crippen molar-refractivity contribution in [2.24, 2.45) is 0 Å². The van der Waals surface area contributed by atoms with Crippen LogP contribution in [0.4, 0.5) is 5.69 Å². The fourth-order valence-corrected chi connectivity index (χ4v) is 2.71. The Balaban J connectivity index is 2.04. The number of hydrogen-bond donors (Lipinski definition) is 1. The minimum atomic E-state index is -0.425. The number of rotatable bonds is 3. The summed E-state index contributed by atoms with van der Waals surface area (Å²) in [6, 6.07) is 5.59. The third kappa shape index (κ3) is 3.16. The summed E-state index contributed by atoms with van der Waals surface area (Å²) in [7, 11) is 1.33. The zero-order valence-corrected chi connectivity index (χ0v) is 12.8. The van der Waals surface area contributed by atoms with Crippen molar-refractivity contribution in [1.29, 1.82) is 0 Å². The molecule has 1 N–H and O–H groups in total. The van der Waals surface area contributed by atoms with Gasteiger partial charge in [0.25, 0.3) is 5.91 Å².